The molecule has 0 unspecified atom stereocenters. The van der Waals surface area contributed by atoms with Crippen molar-refractivity contribution < 1.29 is 13.2 Å². The van der Waals surface area contributed by atoms with E-state index >= 15 is 0 Å². The number of thiocarbonyl (C=S) groups is 1. The molecular weight excluding hydrogens is 406 g/mol. The fourth-order valence-corrected chi connectivity index (χ4v) is 3.36. The van der Waals surface area contributed by atoms with Crippen LogP contribution in [0.5, 0.6) is 5.75 Å². The maximum atomic E-state index is 11.7. The topological polar surface area (TPSA) is 70.7 Å². The van der Waals surface area contributed by atoms with Gasteiger partial charge in [0, 0.05) is 19.3 Å². The highest BCUT2D eigenvalue weighted by molar-refractivity contribution is 7.92. The van der Waals surface area contributed by atoms with Crippen molar-refractivity contribution >= 4 is 38.7 Å². The number of rotatable bonds is 9. The van der Waals surface area contributed by atoms with Gasteiger partial charge in [0.25, 0.3) is 0 Å². The van der Waals surface area contributed by atoms with Crippen molar-refractivity contribution in [1.29, 1.82) is 0 Å². The van der Waals surface area contributed by atoms with Crippen molar-refractivity contribution in [3.63, 3.8) is 0 Å². The van der Waals surface area contributed by atoms with E-state index in [0.717, 1.165) is 30.8 Å². The Bertz CT molecular complexity index is 913. The minimum Gasteiger partial charge on any atom is -0.491 e. The van der Waals surface area contributed by atoms with Crippen LogP contribution in [0.2, 0.25) is 0 Å². The lowest BCUT2D eigenvalue weighted by molar-refractivity contribution is 0.242. The highest BCUT2D eigenvalue weighted by atomic mass is 32.2. The summed E-state index contributed by atoms with van der Waals surface area (Å²) >= 11 is 5.34. The number of nitrogens with one attached hydrogen (secondary N) is 2. The van der Waals surface area contributed by atoms with E-state index in [2.05, 4.69) is 22.8 Å². The second-order valence-electron chi connectivity index (χ2n) is 7.08. The highest BCUT2D eigenvalue weighted by Crippen LogP contribution is 2.20. The number of hydrogen-bond acceptors (Lipinski definition) is 4. The molecule has 0 fully saturated rings. The largest absolute Gasteiger partial charge is 0.491 e. The van der Waals surface area contributed by atoms with E-state index in [9.17, 15) is 8.42 Å². The third-order valence-corrected chi connectivity index (χ3v) is 5.64. The average Bonchev–Trinajstić information content (AvgIpc) is 2.65. The minimum absolute atomic E-state index is 0.172. The van der Waals surface area contributed by atoms with Crippen LogP contribution < -0.4 is 19.7 Å². The van der Waals surface area contributed by atoms with E-state index in [4.69, 9.17) is 17.0 Å². The zero-order valence-corrected chi connectivity index (χ0v) is 18.9. The van der Waals surface area contributed by atoms with Gasteiger partial charge in [-0.15, -0.1) is 0 Å². The monoisotopic (exact) mass is 435 g/mol. The second kappa shape index (κ2) is 10.5. The molecule has 8 heteroatoms. The van der Waals surface area contributed by atoms with Gasteiger partial charge in [-0.05, 0) is 74.8 Å². The van der Waals surface area contributed by atoms with Crippen molar-refractivity contribution in [1.82, 2.24) is 5.32 Å². The molecule has 0 saturated heterocycles. The van der Waals surface area contributed by atoms with Gasteiger partial charge in [0.2, 0.25) is 10.0 Å². The summed E-state index contributed by atoms with van der Waals surface area (Å²) in [5, 5.41) is 6.78. The molecule has 0 amide bonds. The third kappa shape index (κ3) is 7.91. The van der Waals surface area contributed by atoms with Gasteiger partial charge in [-0.25, -0.2) is 8.42 Å². The zero-order chi connectivity index (χ0) is 21.4. The summed E-state index contributed by atoms with van der Waals surface area (Å²) in [5.74, 6) is 0.885. The van der Waals surface area contributed by atoms with Crippen LogP contribution in [0.25, 0.3) is 0 Å². The van der Waals surface area contributed by atoms with Crippen LogP contribution in [0.3, 0.4) is 0 Å². The number of ether oxygens (including phenoxy) is 1. The number of hydrogen-bond donors (Lipinski definition) is 2. The van der Waals surface area contributed by atoms with E-state index < -0.39 is 10.0 Å². The Balaban J connectivity index is 1.77. The molecule has 0 aromatic heterocycles. The zero-order valence-electron chi connectivity index (χ0n) is 17.3. The van der Waals surface area contributed by atoms with Gasteiger partial charge < -0.3 is 15.4 Å². The summed E-state index contributed by atoms with van der Waals surface area (Å²) in [4.78, 5) is 0. The lowest BCUT2D eigenvalue weighted by Crippen LogP contribution is -2.29. The predicted octanol–water partition coefficient (Wildman–Crippen LogP) is 3.79. The van der Waals surface area contributed by atoms with Gasteiger partial charge in [0.15, 0.2) is 5.11 Å². The summed E-state index contributed by atoms with van der Waals surface area (Å²) in [5.41, 5.74) is 2.56. The summed E-state index contributed by atoms with van der Waals surface area (Å²) in [6.07, 6.45) is 3.21. The molecule has 0 atom stereocenters. The maximum Gasteiger partial charge on any atom is 0.231 e. The van der Waals surface area contributed by atoms with E-state index in [1.54, 1.807) is 18.2 Å². The molecule has 2 rings (SSSR count). The molecule has 0 spiro atoms. The van der Waals surface area contributed by atoms with Gasteiger partial charge in [-0.3, -0.25) is 4.31 Å². The van der Waals surface area contributed by atoms with Gasteiger partial charge in [0.1, 0.15) is 5.75 Å². The molecular formula is C21H29N3O3S2. The molecule has 29 heavy (non-hydrogen) atoms. The van der Waals surface area contributed by atoms with Crippen molar-refractivity contribution in [3.05, 3.63) is 54.1 Å². The SMILES string of the molecule is CC(C)Oc1ccc(CCCNC(=S)Nc2cccc(N(C)S(C)(=O)=O)c2)cc1. The Hall–Kier alpha value is -2.32. The summed E-state index contributed by atoms with van der Waals surface area (Å²) in [7, 11) is -1.78. The Kier molecular flexibility index (Phi) is 8.28. The summed E-state index contributed by atoms with van der Waals surface area (Å²) in [6.45, 7) is 4.76. The number of nitrogens with zero attached hydrogens (tertiary/aromatic N) is 1. The molecule has 2 N–H and O–H groups in total. The molecule has 158 valence electrons. The summed E-state index contributed by atoms with van der Waals surface area (Å²) < 4.78 is 30.2. The van der Waals surface area contributed by atoms with E-state index in [0.29, 0.717) is 10.8 Å². The van der Waals surface area contributed by atoms with Crippen LogP contribution in [-0.4, -0.2) is 39.5 Å². The van der Waals surface area contributed by atoms with Gasteiger partial charge in [-0.2, -0.15) is 0 Å². The quantitative estimate of drug-likeness (QED) is 0.461. The first-order chi connectivity index (χ1) is 13.6. The molecule has 0 bridgehead atoms. The molecule has 2 aromatic rings. The van der Waals surface area contributed by atoms with Gasteiger partial charge in [0.05, 0.1) is 18.0 Å². The lowest BCUT2D eigenvalue weighted by atomic mass is 10.1. The first kappa shape index (κ1) is 23.0. The molecule has 0 aliphatic carbocycles. The number of aryl methyl sites for hydroxylation is 1. The van der Waals surface area contributed by atoms with Gasteiger partial charge >= 0.3 is 0 Å². The Labute approximate surface area is 179 Å². The van der Waals surface area contributed by atoms with Crippen LogP contribution in [-0.2, 0) is 16.4 Å². The number of anilines is 2. The molecule has 2 aromatic carbocycles. The molecule has 0 saturated carbocycles. The van der Waals surface area contributed by atoms with Crippen LogP contribution in [0, 0.1) is 0 Å². The van der Waals surface area contributed by atoms with E-state index in [1.165, 1.54) is 23.2 Å². The fraction of sp³-hybridized carbons (Fsp3) is 0.381. The van der Waals surface area contributed by atoms with Crippen molar-refractivity contribution in [2.75, 3.05) is 29.5 Å². The predicted molar refractivity (Wildman–Crippen MR) is 124 cm³/mol. The standard InChI is InChI=1S/C21H29N3O3S2/c1-16(2)27-20-12-10-17(11-13-20)7-6-14-22-21(28)23-18-8-5-9-19(15-18)24(3)29(4,25)26/h5,8-13,15-16H,6-7,14H2,1-4H3,(H2,22,23,28). The van der Waals surface area contributed by atoms with E-state index in [1.807, 2.05) is 32.0 Å². The van der Waals surface area contributed by atoms with Crippen LogP contribution in [0.15, 0.2) is 48.5 Å². The number of sulfonamides is 1. The minimum atomic E-state index is -3.30. The average molecular weight is 436 g/mol. The Morgan fingerprint density at radius 3 is 2.48 bits per heavy atom. The fourth-order valence-electron chi connectivity index (χ4n) is 2.65. The van der Waals surface area contributed by atoms with E-state index in [-0.39, 0.29) is 6.10 Å². The van der Waals surface area contributed by atoms with Crippen molar-refractivity contribution in [2.24, 2.45) is 0 Å². The normalized spacial score (nSPS) is 11.2. The second-order valence-corrected chi connectivity index (χ2v) is 9.50. The molecule has 6 nitrogen and oxygen atoms in total. The molecule has 0 heterocycles. The maximum absolute atomic E-state index is 11.7. The molecule has 0 aliphatic heterocycles. The van der Waals surface area contributed by atoms with Gasteiger partial charge in [-0.1, -0.05) is 18.2 Å². The first-order valence-electron chi connectivity index (χ1n) is 9.49. The first-order valence-corrected chi connectivity index (χ1v) is 11.8. The Morgan fingerprint density at radius 1 is 1.17 bits per heavy atom. The third-order valence-electron chi connectivity index (χ3n) is 4.19. The lowest BCUT2D eigenvalue weighted by Gasteiger charge is -2.18. The Morgan fingerprint density at radius 2 is 1.86 bits per heavy atom. The molecule has 0 radical (unpaired) electrons. The van der Waals surface area contributed by atoms with Crippen LogP contribution in [0.4, 0.5) is 11.4 Å². The number of benzene rings is 2. The smallest absolute Gasteiger partial charge is 0.231 e. The highest BCUT2D eigenvalue weighted by Gasteiger charge is 2.12. The molecule has 0 aliphatic rings. The van der Waals surface area contributed by atoms with Crippen molar-refractivity contribution in [2.45, 2.75) is 32.8 Å². The van der Waals surface area contributed by atoms with Crippen LogP contribution in [0.1, 0.15) is 25.8 Å². The van der Waals surface area contributed by atoms with Crippen LogP contribution >= 0.6 is 12.2 Å². The van der Waals surface area contributed by atoms with Crippen molar-refractivity contribution in [3.8, 4) is 5.75 Å². The summed E-state index contributed by atoms with van der Waals surface area (Å²) in [6, 6.07) is 15.3.